The molecular weight excluding hydrogens is 280 g/mol. The maximum atomic E-state index is 11.6. The maximum absolute atomic E-state index is 11.6. The summed E-state index contributed by atoms with van der Waals surface area (Å²) < 4.78 is 1.58. The molecule has 1 atom stereocenters. The standard InChI is InChI=1S/C13H15ClN4O2/c1-18-7-6-12(17-18)16-13(20)15-8-11(19)9-4-2-3-5-10(9)14/h2-7,11,19H,8H2,1H3,(H2,15,16,17,20). The molecule has 6 nitrogen and oxygen atoms in total. The van der Waals surface area contributed by atoms with Gasteiger partial charge in [0.15, 0.2) is 5.82 Å². The number of carbonyl (C=O) groups excluding carboxylic acids is 1. The van der Waals surface area contributed by atoms with Crippen LogP contribution in [0.3, 0.4) is 0 Å². The van der Waals surface area contributed by atoms with Crippen LogP contribution >= 0.6 is 11.6 Å². The minimum absolute atomic E-state index is 0.0579. The van der Waals surface area contributed by atoms with Gasteiger partial charge in [0.25, 0.3) is 0 Å². The van der Waals surface area contributed by atoms with Gasteiger partial charge in [-0.2, -0.15) is 5.10 Å². The second kappa shape index (κ2) is 6.40. The number of hydrogen-bond donors (Lipinski definition) is 3. The number of aliphatic hydroxyl groups is 1. The number of hydrogen-bond acceptors (Lipinski definition) is 3. The molecule has 2 aromatic rings. The van der Waals surface area contributed by atoms with Crippen molar-refractivity contribution in [2.24, 2.45) is 7.05 Å². The Bertz CT molecular complexity index is 600. The molecule has 1 heterocycles. The minimum atomic E-state index is -0.863. The second-order valence-electron chi connectivity index (χ2n) is 4.25. The molecule has 0 fully saturated rings. The van der Waals surface area contributed by atoms with Crippen molar-refractivity contribution in [1.29, 1.82) is 0 Å². The summed E-state index contributed by atoms with van der Waals surface area (Å²) in [6.45, 7) is 0.0579. The first-order chi connectivity index (χ1) is 9.56. The van der Waals surface area contributed by atoms with Gasteiger partial charge in [0, 0.05) is 36.4 Å². The van der Waals surface area contributed by atoms with E-state index >= 15 is 0 Å². The molecule has 1 aromatic carbocycles. The molecule has 0 saturated heterocycles. The highest BCUT2D eigenvalue weighted by Gasteiger charge is 2.12. The normalized spacial score (nSPS) is 11.9. The quantitative estimate of drug-likeness (QED) is 0.806. The number of carbonyl (C=O) groups is 1. The topological polar surface area (TPSA) is 79.2 Å². The Balaban J connectivity index is 1.85. The summed E-state index contributed by atoms with van der Waals surface area (Å²) in [5.41, 5.74) is 0.576. The number of halogens is 1. The van der Waals surface area contributed by atoms with Crippen molar-refractivity contribution in [2.45, 2.75) is 6.10 Å². The van der Waals surface area contributed by atoms with E-state index in [0.717, 1.165) is 0 Å². The Kier molecular flexibility index (Phi) is 4.60. The largest absolute Gasteiger partial charge is 0.387 e. The van der Waals surface area contributed by atoms with Gasteiger partial charge in [-0.3, -0.25) is 10.00 Å². The first-order valence-corrected chi connectivity index (χ1v) is 6.41. The average molecular weight is 295 g/mol. The van der Waals surface area contributed by atoms with E-state index < -0.39 is 12.1 Å². The lowest BCUT2D eigenvalue weighted by atomic mass is 10.1. The van der Waals surface area contributed by atoms with Gasteiger partial charge < -0.3 is 10.4 Å². The van der Waals surface area contributed by atoms with Crippen LogP contribution in [0, 0.1) is 0 Å². The van der Waals surface area contributed by atoms with Gasteiger partial charge in [0.05, 0.1) is 6.10 Å². The fourth-order valence-corrected chi connectivity index (χ4v) is 1.95. The van der Waals surface area contributed by atoms with E-state index in [2.05, 4.69) is 15.7 Å². The van der Waals surface area contributed by atoms with Crippen LogP contribution in [0.25, 0.3) is 0 Å². The predicted molar refractivity (Wildman–Crippen MR) is 76.6 cm³/mol. The molecule has 0 aliphatic rings. The van der Waals surface area contributed by atoms with E-state index in [1.165, 1.54) is 0 Å². The molecular formula is C13H15ClN4O2. The first kappa shape index (κ1) is 14.4. The molecule has 0 bridgehead atoms. The van der Waals surface area contributed by atoms with Crippen molar-refractivity contribution in [3.63, 3.8) is 0 Å². The van der Waals surface area contributed by atoms with Gasteiger partial charge in [-0.15, -0.1) is 0 Å². The van der Waals surface area contributed by atoms with Crippen LogP contribution in [0.5, 0.6) is 0 Å². The summed E-state index contributed by atoms with van der Waals surface area (Å²) in [5, 5.41) is 19.6. The number of benzene rings is 1. The highest BCUT2D eigenvalue weighted by molar-refractivity contribution is 6.31. The fourth-order valence-electron chi connectivity index (χ4n) is 1.69. The molecule has 2 amide bonds. The highest BCUT2D eigenvalue weighted by Crippen LogP contribution is 2.21. The van der Waals surface area contributed by atoms with Crippen molar-refractivity contribution in [3.8, 4) is 0 Å². The number of rotatable bonds is 4. The van der Waals surface area contributed by atoms with Crippen LogP contribution in [0.15, 0.2) is 36.5 Å². The molecule has 0 aliphatic heterocycles. The van der Waals surface area contributed by atoms with Crippen LogP contribution in [0.4, 0.5) is 10.6 Å². The van der Waals surface area contributed by atoms with Crippen molar-refractivity contribution in [2.75, 3.05) is 11.9 Å². The summed E-state index contributed by atoms with van der Waals surface area (Å²) in [5.74, 6) is 0.442. The Labute approximate surface area is 121 Å². The second-order valence-corrected chi connectivity index (χ2v) is 4.65. The highest BCUT2D eigenvalue weighted by atomic mass is 35.5. The molecule has 7 heteroatoms. The number of aryl methyl sites for hydroxylation is 1. The number of nitrogens with one attached hydrogen (secondary N) is 2. The molecule has 0 spiro atoms. The smallest absolute Gasteiger partial charge is 0.320 e. The lowest BCUT2D eigenvalue weighted by Gasteiger charge is -2.13. The molecule has 1 aromatic heterocycles. The number of aromatic nitrogens is 2. The van der Waals surface area contributed by atoms with E-state index in [1.54, 1.807) is 48.3 Å². The molecule has 0 aliphatic carbocycles. The van der Waals surface area contributed by atoms with Gasteiger partial charge in [0.1, 0.15) is 0 Å². The van der Waals surface area contributed by atoms with Crippen molar-refractivity contribution in [1.82, 2.24) is 15.1 Å². The summed E-state index contributed by atoms with van der Waals surface area (Å²) in [6, 6.07) is 8.19. The fraction of sp³-hybridized carbons (Fsp3) is 0.231. The Hall–Kier alpha value is -2.05. The van der Waals surface area contributed by atoms with Crippen LogP contribution in [0.2, 0.25) is 5.02 Å². The molecule has 2 rings (SSSR count). The van der Waals surface area contributed by atoms with E-state index in [-0.39, 0.29) is 6.54 Å². The monoisotopic (exact) mass is 294 g/mol. The molecule has 3 N–H and O–H groups in total. The van der Waals surface area contributed by atoms with Crippen molar-refractivity contribution < 1.29 is 9.90 Å². The van der Waals surface area contributed by atoms with Crippen LogP contribution in [0.1, 0.15) is 11.7 Å². The van der Waals surface area contributed by atoms with Gasteiger partial charge in [-0.1, -0.05) is 29.8 Å². The Morgan fingerprint density at radius 1 is 1.45 bits per heavy atom. The van der Waals surface area contributed by atoms with Crippen molar-refractivity contribution in [3.05, 3.63) is 47.1 Å². The molecule has 1 unspecified atom stereocenters. The Morgan fingerprint density at radius 3 is 2.85 bits per heavy atom. The zero-order valence-electron chi connectivity index (χ0n) is 10.9. The number of aliphatic hydroxyl groups excluding tert-OH is 1. The third-order valence-electron chi connectivity index (χ3n) is 2.68. The van der Waals surface area contributed by atoms with Gasteiger partial charge in [-0.25, -0.2) is 4.79 Å². The number of urea groups is 1. The van der Waals surface area contributed by atoms with E-state index in [0.29, 0.717) is 16.4 Å². The summed E-state index contributed by atoms with van der Waals surface area (Å²) in [4.78, 5) is 11.6. The lowest BCUT2D eigenvalue weighted by molar-refractivity contribution is 0.175. The Morgan fingerprint density at radius 2 is 2.20 bits per heavy atom. The minimum Gasteiger partial charge on any atom is -0.387 e. The summed E-state index contributed by atoms with van der Waals surface area (Å²) >= 11 is 5.97. The van der Waals surface area contributed by atoms with Crippen LogP contribution in [-0.4, -0.2) is 27.5 Å². The molecule has 0 radical (unpaired) electrons. The lowest BCUT2D eigenvalue weighted by Crippen LogP contribution is -2.32. The van der Waals surface area contributed by atoms with Gasteiger partial charge in [-0.05, 0) is 6.07 Å². The van der Waals surface area contributed by atoms with Gasteiger partial charge in [0.2, 0.25) is 0 Å². The molecule has 20 heavy (non-hydrogen) atoms. The molecule has 106 valence electrons. The van der Waals surface area contributed by atoms with Crippen LogP contribution in [-0.2, 0) is 7.05 Å². The predicted octanol–water partition coefficient (Wildman–Crippen LogP) is 1.93. The van der Waals surface area contributed by atoms with Gasteiger partial charge >= 0.3 is 6.03 Å². The third-order valence-corrected chi connectivity index (χ3v) is 3.02. The number of amides is 2. The average Bonchev–Trinajstić information content (AvgIpc) is 2.82. The number of nitrogens with zero attached hydrogens (tertiary/aromatic N) is 2. The van der Waals surface area contributed by atoms with Crippen LogP contribution < -0.4 is 10.6 Å². The van der Waals surface area contributed by atoms with E-state index in [1.807, 2.05) is 0 Å². The zero-order valence-corrected chi connectivity index (χ0v) is 11.6. The van der Waals surface area contributed by atoms with Crippen molar-refractivity contribution >= 4 is 23.4 Å². The summed E-state index contributed by atoms with van der Waals surface area (Å²) in [7, 11) is 1.75. The SMILES string of the molecule is Cn1ccc(NC(=O)NCC(O)c2ccccc2Cl)n1. The third kappa shape index (κ3) is 3.72. The van der Waals surface area contributed by atoms with E-state index in [9.17, 15) is 9.90 Å². The first-order valence-electron chi connectivity index (χ1n) is 6.03. The maximum Gasteiger partial charge on any atom is 0.320 e. The summed E-state index contributed by atoms with van der Waals surface area (Å²) in [6.07, 6.45) is 0.854. The van der Waals surface area contributed by atoms with E-state index in [4.69, 9.17) is 11.6 Å². The zero-order chi connectivity index (χ0) is 14.5. The molecule has 0 saturated carbocycles. The number of anilines is 1.